The zero-order valence-electron chi connectivity index (χ0n) is 15.5. The van der Waals surface area contributed by atoms with E-state index in [1.165, 1.54) is 12.1 Å². The maximum atomic E-state index is 13.7. The average Bonchev–Trinajstić information content (AvgIpc) is 2.69. The Kier molecular flexibility index (Phi) is 6.64. The van der Waals surface area contributed by atoms with Crippen LogP contribution in [0.3, 0.4) is 0 Å². The van der Waals surface area contributed by atoms with Gasteiger partial charge in [-0.3, -0.25) is 0 Å². The second kappa shape index (κ2) is 8.98. The van der Waals surface area contributed by atoms with Crippen LogP contribution in [0.15, 0.2) is 42.5 Å². The van der Waals surface area contributed by atoms with Crippen LogP contribution in [0, 0.1) is 5.82 Å². The lowest BCUT2D eigenvalue weighted by atomic mass is 9.96. The summed E-state index contributed by atoms with van der Waals surface area (Å²) in [5.74, 6) is 0.00338. The zero-order chi connectivity index (χ0) is 20.3. The first kappa shape index (κ1) is 20.7. The Bertz CT molecular complexity index is 796. The number of hydrogen-bond acceptors (Lipinski definition) is 6. The highest BCUT2D eigenvalue weighted by Gasteiger charge is 2.44. The number of benzene rings is 2. The average molecular weight is 392 g/mol. The van der Waals surface area contributed by atoms with Gasteiger partial charge < -0.3 is 29.9 Å². The summed E-state index contributed by atoms with van der Waals surface area (Å²) in [7, 11) is 0. The molecule has 0 spiro atoms. The monoisotopic (exact) mass is 392 g/mol. The third kappa shape index (κ3) is 4.34. The SMILES string of the molecule is CCCc1ccc(OC2O[C@H](CO)[C@H](O)[C@H](O)[C@H]2O)cc1-c1cccc(F)c1. The fraction of sp³-hybridized carbons (Fsp3) is 0.429. The quantitative estimate of drug-likeness (QED) is 0.596. The van der Waals surface area contributed by atoms with Crippen LogP contribution in [0.5, 0.6) is 5.75 Å². The van der Waals surface area contributed by atoms with E-state index in [0.29, 0.717) is 11.3 Å². The van der Waals surface area contributed by atoms with Crippen molar-refractivity contribution in [3.05, 3.63) is 53.8 Å². The number of hydrogen-bond donors (Lipinski definition) is 4. The fourth-order valence-corrected chi connectivity index (χ4v) is 3.34. The number of rotatable bonds is 6. The summed E-state index contributed by atoms with van der Waals surface area (Å²) in [6.07, 6.45) is -5.07. The van der Waals surface area contributed by atoms with Gasteiger partial charge in [-0.25, -0.2) is 4.39 Å². The first-order valence-electron chi connectivity index (χ1n) is 9.30. The molecule has 7 heteroatoms. The van der Waals surface area contributed by atoms with E-state index in [2.05, 4.69) is 0 Å². The van der Waals surface area contributed by atoms with Crippen molar-refractivity contribution in [1.82, 2.24) is 0 Å². The lowest BCUT2D eigenvalue weighted by Crippen LogP contribution is -2.60. The van der Waals surface area contributed by atoms with Crippen molar-refractivity contribution < 1.29 is 34.3 Å². The van der Waals surface area contributed by atoms with Gasteiger partial charge in [0.1, 0.15) is 36.0 Å². The van der Waals surface area contributed by atoms with Crippen LogP contribution in [0.1, 0.15) is 18.9 Å². The molecule has 4 N–H and O–H groups in total. The maximum Gasteiger partial charge on any atom is 0.229 e. The zero-order valence-corrected chi connectivity index (χ0v) is 15.5. The smallest absolute Gasteiger partial charge is 0.229 e. The normalized spacial score (nSPS) is 27.6. The van der Waals surface area contributed by atoms with Crippen LogP contribution in [-0.2, 0) is 11.2 Å². The molecule has 6 nitrogen and oxygen atoms in total. The van der Waals surface area contributed by atoms with Gasteiger partial charge in [0.25, 0.3) is 0 Å². The second-order valence-corrected chi connectivity index (χ2v) is 6.89. The molecule has 0 radical (unpaired) electrons. The highest BCUT2D eigenvalue weighted by Crippen LogP contribution is 2.31. The molecule has 3 rings (SSSR count). The van der Waals surface area contributed by atoms with E-state index in [1.807, 2.05) is 13.0 Å². The highest BCUT2D eigenvalue weighted by atomic mass is 19.1. The van der Waals surface area contributed by atoms with Gasteiger partial charge >= 0.3 is 0 Å². The molecule has 1 unspecified atom stereocenters. The van der Waals surface area contributed by atoms with Gasteiger partial charge in [-0.1, -0.05) is 31.5 Å². The molecule has 2 aromatic rings. The standard InChI is InChI=1S/C21H25FO6/c1-2-4-12-7-8-15(10-16(12)13-5-3-6-14(22)9-13)27-21-20(26)19(25)18(24)17(11-23)28-21/h3,5-10,17-21,23-26H,2,4,11H2,1H3/t17-,18+,19+,20-,21?/m1/s1. The molecule has 0 aromatic heterocycles. The van der Waals surface area contributed by atoms with Gasteiger partial charge in [0.15, 0.2) is 0 Å². The Hall–Kier alpha value is -2.03. The van der Waals surface area contributed by atoms with Crippen molar-refractivity contribution in [3.63, 3.8) is 0 Å². The van der Waals surface area contributed by atoms with E-state index in [4.69, 9.17) is 9.47 Å². The second-order valence-electron chi connectivity index (χ2n) is 6.89. The predicted octanol–water partition coefficient (Wildman–Crippen LogP) is 1.62. The van der Waals surface area contributed by atoms with Gasteiger partial charge in [-0.05, 0) is 47.4 Å². The van der Waals surface area contributed by atoms with Crippen LogP contribution in [0.25, 0.3) is 11.1 Å². The van der Waals surface area contributed by atoms with Crippen molar-refractivity contribution in [3.8, 4) is 16.9 Å². The van der Waals surface area contributed by atoms with Gasteiger partial charge in [0, 0.05) is 0 Å². The Morgan fingerprint density at radius 3 is 2.50 bits per heavy atom. The number of aryl methyl sites for hydroxylation is 1. The summed E-state index contributed by atoms with van der Waals surface area (Å²) >= 11 is 0. The summed E-state index contributed by atoms with van der Waals surface area (Å²) < 4.78 is 24.8. The number of aliphatic hydroxyl groups excluding tert-OH is 4. The van der Waals surface area contributed by atoms with Crippen molar-refractivity contribution in [2.45, 2.75) is 50.5 Å². The minimum atomic E-state index is -1.52. The number of ether oxygens (including phenoxy) is 2. The molecule has 0 aliphatic carbocycles. The summed E-state index contributed by atoms with van der Waals surface area (Å²) in [6, 6.07) is 11.5. The topological polar surface area (TPSA) is 99.4 Å². The molecular formula is C21H25FO6. The van der Waals surface area contributed by atoms with E-state index in [-0.39, 0.29) is 5.82 Å². The fourth-order valence-electron chi connectivity index (χ4n) is 3.34. The molecule has 0 amide bonds. The molecule has 2 aromatic carbocycles. The maximum absolute atomic E-state index is 13.7. The van der Waals surface area contributed by atoms with Crippen molar-refractivity contribution in [2.24, 2.45) is 0 Å². The molecule has 1 fully saturated rings. The van der Waals surface area contributed by atoms with Crippen molar-refractivity contribution >= 4 is 0 Å². The molecule has 5 atom stereocenters. The molecule has 1 aliphatic heterocycles. The Balaban J connectivity index is 1.89. The Morgan fingerprint density at radius 1 is 1.04 bits per heavy atom. The molecule has 28 heavy (non-hydrogen) atoms. The molecule has 0 bridgehead atoms. The summed E-state index contributed by atoms with van der Waals surface area (Å²) in [5.41, 5.74) is 2.51. The molecule has 1 aliphatic rings. The van der Waals surface area contributed by atoms with Gasteiger partial charge in [-0.15, -0.1) is 0 Å². The Labute approximate surface area is 162 Å². The van der Waals surface area contributed by atoms with E-state index >= 15 is 0 Å². The summed E-state index contributed by atoms with van der Waals surface area (Å²) in [4.78, 5) is 0. The lowest BCUT2D eigenvalue weighted by molar-refractivity contribution is -0.277. The van der Waals surface area contributed by atoms with E-state index in [0.717, 1.165) is 24.0 Å². The molecule has 152 valence electrons. The van der Waals surface area contributed by atoms with Gasteiger partial charge in [0.2, 0.25) is 6.29 Å². The molecular weight excluding hydrogens is 367 g/mol. The lowest BCUT2D eigenvalue weighted by Gasteiger charge is -2.39. The third-order valence-corrected chi connectivity index (χ3v) is 4.84. The molecule has 1 saturated heterocycles. The van der Waals surface area contributed by atoms with Gasteiger partial charge in [0.05, 0.1) is 6.61 Å². The van der Waals surface area contributed by atoms with E-state index < -0.39 is 37.3 Å². The van der Waals surface area contributed by atoms with Gasteiger partial charge in [-0.2, -0.15) is 0 Å². The first-order chi connectivity index (χ1) is 13.4. The minimum absolute atomic E-state index is 0.347. The molecule has 0 saturated carbocycles. The number of aliphatic hydroxyl groups is 4. The van der Waals surface area contributed by atoms with Crippen LogP contribution >= 0.6 is 0 Å². The highest BCUT2D eigenvalue weighted by molar-refractivity contribution is 5.69. The van der Waals surface area contributed by atoms with E-state index in [9.17, 15) is 24.8 Å². The van der Waals surface area contributed by atoms with E-state index in [1.54, 1.807) is 24.3 Å². The van der Waals surface area contributed by atoms with Crippen molar-refractivity contribution in [1.29, 1.82) is 0 Å². The summed E-state index contributed by atoms with van der Waals surface area (Å²) in [6.45, 7) is 1.52. The molecule has 1 heterocycles. The van der Waals surface area contributed by atoms with Crippen LogP contribution in [0.4, 0.5) is 4.39 Å². The third-order valence-electron chi connectivity index (χ3n) is 4.84. The van der Waals surface area contributed by atoms with Crippen molar-refractivity contribution in [2.75, 3.05) is 6.61 Å². The van der Waals surface area contributed by atoms with Crippen LogP contribution < -0.4 is 4.74 Å². The summed E-state index contributed by atoms with van der Waals surface area (Å²) in [5, 5.41) is 39.2. The van der Waals surface area contributed by atoms with Crippen LogP contribution in [-0.4, -0.2) is 57.7 Å². The van der Waals surface area contributed by atoms with Crippen LogP contribution in [0.2, 0.25) is 0 Å². The predicted molar refractivity (Wildman–Crippen MR) is 100 cm³/mol. The number of halogens is 1. The minimum Gasteiger partial charge on any atom is -0.462 e. The largest absolute Gasteiger partial charge is 0.462 e. The first-order valence-corrected chi connectivity index (χ1v) is 9.30. The Morgan fingerprint density at radius 2 is 1.82 bits per heavy atom.